The highest BCUT2D eigenvalue weighted by atomic mass is 15.0. The fourth-order valence-electron chi connectivity index (χ4n) is 2.38. The number of hydrogen-bond donors (Lipinski definition) is 2. The van der Waals surface area contributed by atoms with Crippen LogP contribution in [-0.2, 0) is 0 Å². The van der Waals surface area contributed by atoms with Gasteiger partial charge in [-0.15, -0.1) is 0 Å². The topological polar surface area (TPSA) is 38.0 Å². The van der Waals surface area contributed by atoms with Gasteiger partial charge < -0.3 is 11.1 Å². The van der Waals surface area contributed by atoms with Gasteiger partial charge in [-0.1, -0.05) is 18.9 Å². The number of nitrogens with two attached hydrogens (primary N) is 1. The van der Waals surface area contributed by atoms with Crippen LogP contribution in [0.15, 0.2) is 18.2 Å². The second-order valence-corrected chi connectivity index (χ2v) is 4.98. The molecule has 0 radical (unpaired) electrons. The van der Waals surface area contributed by atoms with Gasteiger partial charge in [-0.05, 0) is 44.4 Å². The van der Waals surface area contributed by atoms with Crippen LogP contribution in [0.4, 0.5) is 11.4 Å². The molecule has 1 aliphatic carbocycles. The van der Waals surface area contributed by atoms with E-state index in [-0.39, 0.29) is 5.54 Å². The Morgan fingerprint density at radius 2 is 1.93 bits per heavy atom. The first-order valence-electron chi connectivity index (χ1n) is 5.73. The van der Waals surface area contributed by atoms with E-state index >= 15 is 0 Å². The average molecular weight is 204 g/mol. The first-order valence-corrected chi connectivity index (χ1v) is 5.73. The van der Waals surface area contributed by atoms with Crippen LogP contribution in [0.3, 0.4) is 0 Å². The predicted molar refractivity (Wildman–Crippen MR) is 66.1 cm³/mol. The zero-order valence-corrected chi connectivity index (χ0v) is 9.64. The van der Waals surface area contributed by atoms with E-state index in [9.17, 15) is 0 Å². The van der Waals surface area contributed by atoms with Crippen LogP contribution in [0.2, 0.25) is 0 Å². The van der Waals surface area contributed by atoms with Crippen LogP contribution in [-0.4, -0.2) is 5.54 Å². The number of hydrogen-bond acceptors (Lipinski definition) is 2. The zero-order chi connectivity index (χ0) is 10.9. The largest absolute Gasteiger partial charge is 0.397 e. The van der Waals surface area contributed by atoms with Crippen molar-refractivity contribution in [2.24, 2.45) is 0 Å². The number of benzene rings is 1. The molecule has 3 N–H and O–H groups in total. The Balaban J connectivity index is 2.19. The number of nitrogen functional groups attached to an aromatic ring is 1. The highest BCUT2D eigenvalue weighted by Crippen LogP contribution is 2.34. The van der Waals surface area contributed by atoms with E-state index < -0.39 is 0 Å². The molecule has 0 aliphatic heterocycles. The standard InChI is InChI=1S/C13H20N2/c1-10-5-6-11(14)12(9-10)15-13(2)7-3-4-8-13/h5-6,9,15H,3-4,7-8,14H2,1-2H3. The maximum atomic E-state index is 5.96. The summed E-state index contributed by atoms with van der Waals surface area (Å²) in [7, 11) is 0. The number of anilines is 2. The smallest absolute Gasteiger partial charge is 0.0580 e. The van der Waals surface area contributed by atoms with Crippen molar-refractivity contribution in [3.8, 4) is 0 Å². The van der Waals surface area contributed by atoms with Crippen LogP contribution >= 0.6 is 0 Å². The molecule has 1 aliphatic rings. The number of nitrogens with one attached hydrogen (secondary N) is 1. The third-order valence-corrected chi connectivity index (χ3v) is 3.35. The molecule has 1 fully saturated rings. The quantitative estimate of drug-likeness (QED) is 0.725. The minimum atomic E-state index is 0.252. The predicted octanol–water partition coefficient (Wildman–Crippen LogP) is 3.32. The summed E-state index contributed by atoms with van der Waals surface area (Å²) in [6, 6.07) is 6.17. The summed E-state index contributed by atoms with van der Waals surface area (Å²) in [5.41, 5.74) is 9.43. The molecule has 0 unspecified atom stereocenters. The second-order valence-electron chi connectivity index (χ2n) is 4.98. The maximum Gasteiger partial charge on any atom is 0.0580 e. The van der Waals surface area contributed by atoms with Gasteiger partial charge in [0, 0.05) is 5.54 Å². The van der Waals surface area contributed by atoms with Crippen molar-refractivity contribution in [1.29, 1.82) is 0 Å². The molecule has 1 saturated carbocycles. The number of aryl methyl sites for hydroxylation is 1. The van der Waals surface area contributed by atoms with Crippen LogP contribution in [0, 0.1) is 6.92 Å². The third kappa shape index (κ3) is 2.25. The van der Waals surface area contributed by atoms with E-state index in [1.807, 2.05) is 6.07 Å². The lowest BCUT2D eigenvalue weighted by atomic mass is 9.99. The molecular weight excluding hydrogens is 184 g/mol. The molecule has 0 amide bonds. The summed E-state index contributed by atoms with van der Waals surface area (Å²) in [6.07, 6.45) is 5.16. The molecule has 2 heteroatoms. The van der Waals surface area contributed by atoms with E-state index in [0.717, 1.165) is 11.4 Å². The van der Waals surface area contributed by atoms with Gasteiger partial charge in [0.15, 0.2) is 0 Å². The van der Waals surface area contributed by atoms with Crippen LogP contribution in [0.5, 0.6) is 0 Å². The van der Waals surface area contributed by atoms with Crippen molar-refractivity contribution < 1.29 is 0 Å². The second kappa shape index (κ2) is 3.76. The summed E-state index contributed by atoms with van der Waals surface area (Å²) < 4.78 is 0. The first-order chi connectivity index (χ1) is 7.09. The van der Waals surface area contributed by atoms with Gasteiger partial charge in [-0.2, -0.15) is 0 Å². The molecule has 2 nitrogen and oxygen atoms in total. The molecule has 0 bridgehead atoms. The molecule has 1 aromatic carbocycles. The zero-order valence-electron chi connectivity index (χ0n) is 9.64. The van der Waals surface area contributed by atoms with Crippen LogP contribution in [0.1, 0.15) is 38.2 Å². The maximum absolute atomic E-state index is 5.96. The van der Waals surface area contributed by atoms with Gasteiger partial charge in [0.1, 0.15) is 0 Å². The molecule has 1 aromatic rings. The lowest BCUT2D eigenvalue weighted by Crippen LogP contribution is -2.31. The van der Waals surface area contributed by atoms with Gasteiger partial charge in [0.25, 0.3) is 0 Å². The molecule has 0 heterocycles. The minimum absolute atomic E-state index is 0.252. The van der Waals surface area contributed by atoms with E-state index in [2.05, 4.69) is 31.3 Å². The Morgan fingerprint density at radius 3 is 2.60 bits per heavy atom. The van der Waals surface area contributed by atoms with Crippen LogP contribution in [0.25, 0.3) is 0 Å². The highest BCUT2D eigenvalue weighted by Gasteiger charge is 2.28. The Bertz CT molecular complexity index is 352. The Kier molecular flexibility index (Phi) is 2.59. The van der Waals surface area contributed by atoms with Crippen molar-refractivity contribution in [3.05, 3.63) is 23.8 Å². The fraction of sp³-hybridized carbons (Fsp3) is 0.538. The van der Waals surface area contributed by atoms with E-state index in [4.69, 9.17) is 5.73 Å². The summed E-state index contributed by atoms with van der Waals surface area (Å²) in [5, 5.41) is 3.60. The molecule has 0 spiro atoms. The van der Waals surface area contributed by atoms with Crippen molar-refractivity contribution >= 4 is 11.4 Å². The van der Waals surface area contributed by atoms with Crippen molar-refractivity contribution in [3.63, 3.8) is 0 Å². The Morgan fingerprint density at radius 1 is 1.27 bits per heavy atom. The summed E-state index contributed by atoms with van der Waals surface area (Å²) >= 11 is 0. The monoisotopic (exact) mass is 204 g/mol. The van der Waals surface area contributed by atoms with Gasteiger partial charge in [-0.25, -0.2) is 0 Å². The van der Waals surface area contributed by atoms with Gasteiger partial charge in [-0.3, -0.25) is 0 Å². The number of rotatable bonds is 2. The molecule has 2 rings (SSSR count). The van der Waals surface area contributed by atoms with Gasteiger partial charge in [0.05, 0.1) is 11.4 Å². The van der Waals surface area contributed by atoms with Crippen LogP contribution < -0.4 is 11.1 Å². The lowest BCUT2D eigenvalue weighted by Gasteiger charge is -2.27. The normalized spacial score (nSPS) is 19.1. The first kappa shape index (κ1) is 10.3. The molecule has 15 heavy (non-hydrogen) atoms. The molecule has 0 atom stereocenters. The molecule has 82 valence electrons. The molecular formula is C13H20N2. The summed E-state index contributed by atoms with van der Waals surface area (Å²) in [6.45, 7) is 4.39. The molecule has 0 aromatic heterocycles. The average Bonchev–Trinajstić information content (AvgIpc) is 2.59. The fourth-order valence-corrected chi connectivity index (χ4v) is 2.38. The van der Waals surface area contributed by atoms with Gasteiger partial charge in [0.2, 0.25) is 0 Å². The SMILES string of the molecule is Cc1ccc(N)c(NC2(C)CCCC2)c1. The van der Waals surface area contributed by atoms with E-state index in [1.165, 1.54) is 31.2 Å². The van der Waals surface area contributed by atoms with Crippen molar-refractivity contribution in [2.75, 3.05) is 11.1 Å². The Hall–Kier alpha value is -1.18. The Labute approximate surface area is 91.9 Å². The van der Waals surface area contributed by atoms with Crippen molar-refractivity contribution in [1.82, 2.24) is 0 Å². The highest BCUT2D eigenvalue weighted by molar-refractivity contribution is 5.67. The summed E-state index contributed by atoms with van der Waals surface area (Å²) in [5.74, 6) is 0. The third-order valence-electron chi connectivity index (χ3n) is 3.35. The summed E-state index contributed by atoms with van der Waals surface area (Å²) in [4.78, 5) is 0. The van der Waals surface area contributed by atoms with E-state index in [0.29, 0.717) is 0 Å². The molecule has 0 saturated heterocycles. The van der Waals surface area contributed by atoms with Gasteiger partial charge >= 0.3 is 0 Å². The lowest BCUT2D eigenvalue weighted by molar-refractivity contribution is 0.533. The van der Waals surface area contributed by atoms with E-state index in [1.54, 1.807) is 0 Å². The van der Waals surface area contributed by atoms with Crippen molar-refractivity contribution in [2.45, 2.75) is 45.1 Å². The minimum Gasteiger partial charge on any atom is -0.397 e.